The predicted molar refractivity (Wildman–Crippen MR) is 101 cm³/mol. The van der Waals surface area contributed by atoms with Crippen LogP contribution in [-0.4, -0.2) is 47.2 Å². The Morgan fingerprint density at radius 1 is 1.40 bits per heavy atom. The molecule has 0 saturated carbocycles. The highest BCUT2D eigenvalue weighted by atomic mass is 32.2. The number of rotatable bonds is 8. The van der Waals surface area contributed by atoms with Gasteiger partial charge in [-0.2, -0.15) is 0 Å². The summed E-state index contributed by atoms with van der Waals surface area (Å²) in [4.78, 5) is 19.1. The van der Waals surface area contributed by atoms with Gasteiger partial charge in [-0.1, -0.05) is 25.1 Å². The molecule has 1 N–H and O–H groups in total. The summed E-state index contributed by atoms with van der Waals surface area (Å²) < 4.78 is 5.55. The van der Waals surface area contributed by atoms with Crippen molar-refractivity contribution in [3.05, 3.63) is 42.3 Å². The molecule has 25 heavy (non-hydrogen) atoms. The fourth-order valence-corrected chi connectivity index (χ4v) is 3.85. The van der Waals surface area contributed by atoms with Gasteiger partial charge in [-0.05, 0) is 31.5 Å². The van der Waals surface area contributed by atoms with Gasteiger partial charge in [-0.15, -0.1) is 11.8 Å². The molecule has 1 amide bonds. The van der Waals surface area contributed by atoms with Gasteiger partial charge in [0.1, 0.15) is 6.26 Å². The van der Waals surface area contributed by atoms with Gasteiger partial charge in [0, 0.05) is 30.4 Å². The van der Waals surface area contributed by atoms with Crippen LogP contribution < -0.4 is 5.32 Å². The SMILES string of the molecule is CCCN(C(=O)CSCc1coc(-c2ccccc2)n1)C1CCNC1. The molecular weight excluding hydrogens is 334 g/mol. The number of thioether (sulfide) groups is 1. The van der Waals surface area contributed by atoms with E-state index in [1.807, 2.05) is 35.2 Å². The summed E-state index contributed by atoms with van der Waals surface area (Å²) in [7, 11) is 0. The van der Waals surface area contributed by atoms with Crippen LogP contribution >= 0.6 is 11.8 Å². The van der Waals surface area contributed by atoms with Crippen LogP contribution in [0.3, 0.4) is 0 Å². The normalized spacial score (nSPS) is 16.9. The van der Waals surface area contributed by atoms with Crippen molar-refractivity contribution in [2.45, 2.75) is 31.6 Å². The quantitative estimate of drug-likeness (QED) is 0.784. The third-order valence-electron chi connectivity index (χ3n) is 4.31. The van der Waals surface area contributed by atoms with Gasteiger partial charge in [0.15, 0.2) is 0 Å². The van der Waals surface area contributed by atoms with Crippen molar-refractivity contribution in [2.24, 2.45) is 0 Å². The zero-order chi connectivity index (χ0) is 17.5. The predicted octanol–water partition coefficient (Wildman–Crippen LogP) is 3.18. The molecule has 0 bridgehead atoms. The second-order valence-corrected chi connectivity index (χ2v) is 7.22. The van der Waals surface area contributed by atoms with Crippen molar-refractivity contribution in [3.8, 4) is 11.5 Å². The van der Waals surface area contributed by atoms with Crippen LogP contribution in [0.25, 0.3) is 11.5 Å². The van der Waals surface area contributed by atoms with Crippen molar-refractivity contribution in [1.29, 1.82) is 0 Å². The maximum Gasteiger partial charge on any atom is 0.232 e. The number of aromatic nitrogens is 1. The van der Waals surface area contributed by atoms with Gasteiger partial charge < -0.3 is 14.6 Å². The first-order chi connectivity index (χ1) is 12.3. The van der Waals surface area contributed by atoms with Gasteiger partial charge in [0.25, 0.3) is 0 Å². The molecule has 1 unspecified atom stereocenters. The van der Waals surface area contributed by atoms with Crippen LogP contribution in [0.2, 0.25) is 0 Å². The van der Waals surface area contributed by atoms with E-state index in [1.54, 1.807) is 18.0 Å². The smallest absolute Gasteiger partial charge is 0.232 e. The number of nitrogens with zero attached hydrogens (tertiary/aromatic N) is 2. The van der Waals surface area contributed by atoms with Crippen LogP contribution in [0.5, 0.6) is 0 Å². The zero-order valence-corrected chi connectivity index (χ0v) is 15.4. The molecule has 3 rings (SSSR count). The van der Waals surface area contributed by atoms with E-state index >= 15 is 0 Å². The fourth-order valence-electron chi connectivity index (χ4n) is 3.07. The number of hydrogen-bond acceptors (Lipinski definition) is 5. The maximum atomic E-state index is 12.6. The second kappa shape index (κ2) is 9.06. The number of amides is 1. The van der Waals surface area contributed by atoms with E-state index in [9.17, 15) is 4.79 Å². The van der Waals surface area contributed by atoms with E-state index in [4.69, 9.17) is 4.42 Å². The molecule has 0 radical (unpaired) electrons. The first-order valence-electron chi connectivity index (χ1n) is 8.85. The van der Waals surface area contributed by atoms with Crippen molar-refractivity contribution >= 4 is 17.7 Å². The molecule has 1 aromatic heterocycles. The summed E-state index contributed by atoms with van der Waals surface area (Å²) >= 11 is 1.60. The Kier molecular flexibility index (Phi) is 6.53. The van der Waals surface area contributed by atoms with E-state index in [0.29, 0.717) is 23.4 Å². The number of benzene rings is 1. The molecule has 2 aromatic rings. The summed E-state index contributed by atoms with van der Waals surface area (Å²) in [5.41, 5.74) is 1.85. The fraction of sp³-hybridized carbons (Fsp3) is 0.474. The first kappa shape index (κ1) is 18.0. The first-order valence-corrected chi connectivity index (χ1v) is 10.0. The van der Waals surface area contributed by atoms with Crippen molar-refractivity contribution < 1.29 is 9.21 Å². The summed E-state index contributed by atoms with van der Waals surface area (Å²) in [6.07, 6.45) is 3.74. The molecule has 1 atom stereocenters. The molecule has 1 aliphatic rings. The third-order valence-corrected chi connectivity index (χ3v) is 5.26. The lowest BCUT2D eigenvalue weighted by atomic mass is 10.2. The van der Waals surface area contributed by atoms with Crippen molar-refractivity contribution in [2.75, 3.05) is 25.4 Å². The Morgan fingerprint density at radius 2 is 2.24 bits per heavy atom. The summed E-state index contributed by atoms with van der Waals surface area (Å²) in [6.45, 7) is 4.89. The number of carbonyl (C=O) groups excluding carboxylic acids is 1. The molecule has 1 aliphatic heterocycles. The van der Waals surface area contributed by atoms with Crippen LogP contribution in [0.1, 0.15) is 25.5 Å². The molecule has 0 spiro atoms. The van der Waals surface area contributed by atoms with E-state index in [0.717, 1.165) is 43.7 Å². The number of oxazole rings is 1. The molecule has 134 valence electrons. The van der Waals surface area contributed by atoms with Crippen molar-refractivity contribution in [1.82, 2.24) is 15.2 Å². The molecule has 6 heteroatoms. The van der Waals surface area contributed by atoms with E-state index in [-0.39, 0.29) is 5.91 Å². The monoisotopic (exact) mass is 359 g/mol. The lowest BCUT2D eigenvalue weighted by molar-refractivity contribution is -0.130. The molecule has 5 nitrogen and oxygen atoms in total. The van der Waals surface area contributed by atoms with E-state index in [1.165, 1.54) is 0 Å². The highest BCUT2D eigenvalue weighted by molar-refractivity contribution is 7.99. The summed E-state index contributed by atoms with van der Waals surface area (Å²) in [5, 5.41) is 3.34. The lowest BCUT2D eigenvalue weighted by Gasteiger charge is -2.28. The zero-order valence-electron chi connectivity index (χ0n) is 14.6. The van der Waals surface area contributed by atoms with E-state index in [2.05, 4.69) is 17.2 Å². The number of hydrogen-bond donors (Lipinski definition) is 1. The van der Waals surface area contributed by atoms with Crippen LogP contribution in [0, 0.1) is 0 Å². The highest BCUT2D eigenvalue weighted by Crippen LogP contribution is 2.21. The molecule has 1 saturated heterocycles. The van der Waals surface area contributed by atoms with Gasteiger partial charge >= 0.3 is 0 Å². The molecule has 0 aliphatic carbocycles. The summed E-state index contributed by atoms with van der Waals surface area (Å²) in [6, 6.07) is 10.2. The van der Waals surface area contributed by atoms with Gasteiger partial charge in [-0.3, -0.25) is 4.79 Å². The van der Waals surface area contributed by atoms with Gasteiger partial charge in [-0.25, -0.2) is 4.98 Å². The minimum atomic E-state index is 0.229. The molecule has 1 aromatic carbocycles. The number of carbonyl (C=O) groups is 1. The average molecular weight is 359 g/mol. The minimum Gasteiger partial charge on any atom is -0.444 e. The van der Waals surface area contributed by atoms with Gasteiger partial charge in [0.05, 0.1) is 11.4 Å². The Bertz CT molecular complexity index is 668. The van der Waals surface area contributed by atoms with Crippen LogP contribution in [0.4, 0.5) is 0 Å². The van der Waals surface area contributed by atoms with Crippen LogP contribution in [0.15, 0.2) is 41.0 Å². The van der Waals surface area contributed by atoms with Crippen LogP contribution in [-0.2, 0) is 10.5 Å². The average Bonchev–Trinajstić information content (AvgIpc) is 3.32. The highest BCUT2D eigenvalue weighted by Gasteiger charge is 2.25. The standard InChI is InChI=1S/C19H25N3O2S/c1-2-10-22(17-8-9-20-11-17)18(23)14-25-13-16-12-24-19(21-16)15-6-4-3-5-7-15/h3-7,12,17,20H,2,8-11,13-14H2,1H3. The Morgan fingerprint density at radius 3 is 2.96 bits per heavy atom. The topological polar surface area (TPSA) is 58.4 Å². The Hall–Kier alpha value is -1.79. The van der Waals surface area contributed by atoms with Crippen molar-refractivity contribution in [3.63, 3.8) is 0 Å². The minimum absolute atomic E-state index is 0.229. The largest absolute Gasteiger partial charge is 0.444 e. The number of nitrogens with one attached hydrogen (secondary N) is 1. The summed E-state index contributed by atoms with van der Waals surface area (Å²) in [5.74, 6) is 2.04. The molecular formula is C19H25N3O2S. The van der Waals surface area contributed by atoms with E-state index < -0.39 is 0 Å². The Balaban J connectivity index is 1.50. The molecule has 1 fully saturated rings. The Labute approximate surface area is 153 Å². The lowest BCUT2D eigenvalue weighted by Crippen LogP contribution is -2.43. The third kappa shape index (κ3) is 4.86. The molecule has 2 heterocycles. The maximum absolute atomic E-state index is 12.6. The second-order valence-electron chi connectivity index (χ2n) is 6.24. The van der Waals surface area contributed by atoms with Gasteiger partial charge in [0.2, 0.25) is 11.8 Å².